The van der Waals surface area contributed by atoms with E-state index in [1.807, 2.05) is 18.3 Å². The Kier molecular flexibility index (Phi) is 7.29. The zero-order chi connectivity index (χ0) is 20.8. The van der Waals surface area contributed by atoms with Crippen molar-refractivity contribution in [3.63, 3.8) is 0 Å². The summed E-state index contributed by atoms with van der Waals surface area (Å²) in [6.45, 7) is 2.02. The fourth-order valence-electron chi connectivity index (χ4n) is 4.02. The minimum atomic E-state index is -1.66. The van der Waals surface area contributed by atoms with Gasteiger partial charge in [-0.2, -0.15) is 13.2 Å². The van der Waals surface area contributed by atoms with Crippen LogP contribution in [0.5, 0.6) is 5.75 Å². The lowest BCUT2D eigenvalue weighted by Gasteiger charge is -2.29. The van der Waals surface area contributed by atoms with Crippen LogP contribution in [0.15, 0.2) is 42.6 Å². The van der Waals surface area contributed by atoms with Gasteiger partial charge in [0.05, 0.1) is 6.61 Å². The standard InChI is InChI=1S/C23H25F4NO/c1-2-29-20-13-12-19(22(26)23(20)27)16-8-6-15(7-9-16)17-10-11-18(28-14-17)4-3-5-21(24)25/h5,10-16H,2-4,6-9H2,1H3. The molecule has 2 nitrogen and oxygen atoms in total. The van der Waals surface area contributed by atoms with Gasteiger partial charge in [-0.15, -0.1) is 0 Å². The Balaban J connectivity index is 1.59. The van der Waals surface area contributed by atoms with Gasteiger partial charge in [0.25, 0.3) is 6.08 Å². The SMILES string of the molecule is CCOc1ccc(C2CCC(c3ccc(CCC=C(F)F)nc3)CC2)c(F)c1F. The predicted octanol–water partition coefficient (Wildman–Crippen LogP) is 6.91. The largest absolute Gasteiger partial charge is 0.491 e. The third kappa shape index (κ3) is 5.37. The molecule has 0 saturated heterocycles. The van der Waals surface area contributed by atoms with Gasteiger partial charge in [0.15, 0.2) is 11.6 Å². The number of halogens is 4. The van der Waals surface area contributed by atoms with E-state index >= 15 is 0 Å². The molecule has 156 valence electrons. The van der Waals surface area contributed by atoms with Gasteiger partial charge < -0.3 is 4.74 Å². The Morgan fingerprint density at radius 3 is 2.38 bits per heavy atom. The second-order valence-corrected chi connectivity index (χ2v) is 7.38. The van der Waals surface area contributed by atoms with Crippen LogP contribution in [0, 0.1) is 11.6 Å². The molecule has 2 aromatic rings. The number of nitrogens with zero attached hydrogens (tertiary/aromatic N) is 1. The summed E-state index contributed by atoms with van der Waals surface area (Å²) in [5.41, 5.74) is 2.32. The molecule has 0 amide bonds. The number of aromatic nitrogens is 1. The monoisotopic (exact) mass is 407 g/mol. The molecule has 1 aromatic carbocycles. The number of rotatable bonds is 7. The fraction of sp³-hybridized carbons (Fsp3) is 0.435. The molecule has 0 aliphatic heterocycles. The Morgan fingerprint density at radius 1 is 1.03 bits per heavy atom. The second kappa shape index (κ2) is 9.90. The van der Waals surface area contributed by atoms with E-state index in [2.05, 4.69) is 4.98 Å². The number of hydrogen-bond donors (Lipinski definition) is 0. The van der Waals surface area contributed by atoms with Crippen LogP contribution in [-0.4, -0.2) is 11.6 Å². The average molecular weight is 407 g/mol. The van der Waals surface area contributed by atoms with Crippen molar-refractivity contribution in [1.82, 2.24) is 4.98 Å². The maximum Gasteiger partial charge on any atom is 0.266 e. The zero-order valence-electron chi connectivity index (χ0n) is 16.4. The van der Waals surface area contributed by atoms with E-state index in [0.29, 0.717) is 17.9 Å². The highest BCUT2D eigenvalue weighted by molar-refractivity contribution is 5.33. The molecular weight excluding hydrogens is 382 g/mol. The number of allylic oxidation sites excluding steroid dienone is 1. The van der Waals surface area contributed by atoms with Crippen LogP contribution in [-0.2, 0) is 6.42 Å². The lowest BCUT2D eigenvalue weighted by Crippen LogP contribution is -2.14. The summed E-state index contributed by atoms with van der Waals surface area (Å²) in [5.74, 6) is -1.44. The van der Waals surface area contributed by atoms with Crippen molar-refractivity contribution < 1.29 is 22.3 Å². The topological polar surface area (TPSA) is 22.1 Å². The first-order chi connectivity index (χ1) is 14.0. The minimum absolute atomic E-state index is 0.00829. The average Bonchev–Trinajstić information content (AvgIpc) is 2.72. The smallest absolute Gasteiger partial charge is 0.266 e. The van der Waals surface area contributed by atoms with Crippen LogP contribution in [0.3, 0.4) is 0 Å². The van der Waals surface area contributed by atoms with Gasteiger partial charge in [0.1, 0.15) is 0 Å². The van der Waals surface area contributed by atoms with E-state index in [1.165, 1.54) is 6.07 Å². The quantitative estimate of drug-likeness (QED) is 0.465. The maximum atomic E-state index is 14.5. The van der Waals surface area contributed by atoms with Crippen LogP contribution >= 0.6 is 0 Å². The van der Waals surface area contributed by atoms with Crippen LogP contribution < -0.4 is 4.74 Å². The van der Waals surface area contributed by atoms with Gasteiger partial charge in [-0.25, -0.2) is 4.39 Å². The molecule has 3 rings (SSSR count). The molecule has 0 atom stereocenters. The van der Waals surface area contributed by atoms with Crippen molar-refractivity contribution in [2.24, 2.45) is 0 Å². The molecule has 0 unspecified atom stereocenters. The molecule has 1 heterocycles. The van der Waals surface area contributed by atoms with E-state index in [0.717, 1.165) is 43.0 Å². The molecule has 1 aliphatic carbocycles. The summed E-state index contributed by atoms with van der Waals surface area (Å²) >= 11 is 0. The molecule has 0 radical (unpaired) electrons. The summed E-state index contributed by atoms with van der Waals surface area (Å²) in [5, 5.41) is 0. The van der Waals surface area contributed by atoms with Gasteiger partial charge in [0, 0.05) is 11.9 Å². The van der Waals surface area contributed by atoms with Crippen LogP contribution in [0.1, 0.15) is 67.7 Å². The lowest BCUT2D eigenvalue weighted by atomic mass is 9.76. The van der Waals surface area contributed by atoms with Gasteiger partial charge in [0.2, 0.25) is 5.82 Å². The number of pyridine rings is 1. The molecular formula is C23H25F4NO. The van der Waals surface area contributed by atoms with Crippen LogP contribution in [0.25, 0.3) is 0 Å². The molecule has 1 aliphatic rings. The normalized spacial score (nSPS) is 19.1. The highest BCUT2D eigenvalue weighted by Gasteiger charge is 2.27. The van der Waals surface area contributed by atoms with Gasteiger partial charge in [-0.05, 0) is 86.6 Å². The van der Waals surface area contributed by atoms with E-state index < -0.39 is 17.7 Å². The van der Waals surface area contributed by atoms with Crippen LogP contribution in [0.2, 0.25) is 0 Å². The zero-order valence-corrected chi connectivity index (χ0v) is 16.4. The molecule has 6 heteroatoms. The number of benzene rings is 1. The van der Waals surface area contributed by atoms with E-state index in [9.17, 15) is 17.6 Å². The summed E-state index contributed by atoms with van der Waals surface area (Å²) in [4.78, 5) is 4.38. The Morgan fingerprint density at radius 2 is 1.76 bits per heavy atom. The van der Waals surface area contributed by atoms with Gasteiger partial charge in [-0.3, -0.25) is 4.98 Å². The highest BCUT2D eigenvalue weighted by atomic mass is 19.3. The Labute approximate surface area is 168 Å². The summed E-state index contributed by atoms with van der Waals surface area (Å²) in [7, 11) is 0. The third-order valence-electron chi connectivity index (χ3n) is 5.56. The number of aryl methyl sites for hydroxylation is 1. The van der Waals surface area contributed by atoms with Crippen molar-refractivity contribution >= 4 is 0 Å². The Hall–Kier alpha value is -2.37. The summed E-state index contributed by atoms with van der Waals surface area (Å²) < 4.78 is 57.9. The van der Waals surface area contributed by atoms with Crippen molar-refractivity contribution in [2.45, 2.75) is 57.3 Å². The van der Waals surface area contributed by atoms with Crippen molar-refractivity contribution in [3.05, 3.63) is 71.1 Å². The van der Waals surface area contributed by atoms with Gasteiger partial charge >= 0.3 is 0 Å². The third-order valence-corrected chi connectivity index (χ3v) is 5.56. The van der Waals surface area contributed by atoms with Gasteiger partial charge in [-0.1, -0.05) is 12.1 Å². The van der Waals surface area contributed by atoms with Crippen molar-refractivity contribution in [1.29, 1.82) is 0 Å². The molecule has 1 fully saturated rings. The van der Waals surface area contributed by atoms with Crippen molar-refractivity contribution in [3.8, 4) is 5.75 Å². The predicted molar refractivity (Wildman–Crippen MR) is 104 cm³/mol. The van der Waals surface area contributed by atoms with E-state index in [1.54, 1.807) is 13.0 Å². The summed E-state index contributed by atoms with van der Waals surface area (Å²) in [6, 6.07) is 7.03. The Bertz CT molecular complexity index is 839. The highest BCUT2D eigenvalue weighted by Crippen LogP contribution is 2.42. The molecule has 0 N–H and O–H groups in total. The first kappa shape index (κ1) is 21.3. The molecule has 1 saturated carbocycles. The van der Waals surface area contributed by atoms with Crippen molar-refractivity contribution in [2.75, 3.05) is 6.61 Å². The first-order valence-electron chi connectivity index (χ1n) is 10.1. The molecule has 0 spiro atoms. The fourth-order valence-corrected chi connectivity index (χ4v) is 4.02. The lowest BCUT2D eigenvalue weighted by molar-refractivity contribution is 0.310. The number of ether oxygens (including phenoxy) is 1. The van der Waals surface area contributed by atoms with E-state index in [-0.39, 0.29) is 24.7 Å². The maximum absolute atomic E-state index is 14.5. The number of hydrogen-bond acceptors (Lipinski definition) is 2. The van der Waals surface area contributed by atoms with Crippen LogP contribution in [0.4, 0.5) is 17.6 Å². The summed E-state index contributed by atoms with van der Waals surface area (Å²) in [6.07, 6.45) is 5.09. The van der Waals surface area contributed by atoms with E-state index in [4.69, 9.17) is 4.74 Å². The first-order valence-corrected chi connectivity index (χ1v) is 10.1. The minimum Gasteiger partial charge on any atom is -0.491 e. The second-order valence-electron chi connectivity index (χ2n) is 7.38. The molecule has 1 aromatic heterocycles. The molecule has 0 bridgehead atoms. The molecule has 29 heavy (non-hydrogen) atoms.